The number of hydroxylamine groups is 2. The first-order valence-electron chi connectivity index (χ1n) is 9.12. The van der Waals surface area contributed by atoms with Gasteiger partial charge in [0.2, 0.25) is 0 Å². The quantitative estimate of drug-likeness (QED) is 0.808. The van der Waals surface area contributed by atoms with Gasteiger partial charge in [-0.2, -0.15) is 0 Å². The topological polar surface area (TPSA) is 59.1 Å². The maximum Gasteiger partial charge on any atom is 0.330 e. The monoisotopic (exact) mass is 360 g/mol. The van der Waals surface area contributed by atoms with Gasteiger partial charge in [0, 0.05) is 13.1 Å². The van der Waals surface area contributed by atoms with Crippen LogP contribution in [0.2, 0.25) is 0 Å². The lowest BCUT2D eigenvalue weighted by molar-refractivity contribution is -0.201. The van der Waals surface area contributed by atoms with Crippen molar-refractivity contribution in [2.24, 2.45) is 10.8 Å². The second-order valence-electron chi connectivity index (χ2n) is 8.70. The van der Waals surface area contributed by atoms with Crippen molar-refractivity contribution in [3.05, 3.63) is 23.8 Å². The van der Waals surface area contributed by atoms with Gasteiger partial charge in [0.05, 0.1) is 35.2 Å². The van der Waals surface area contributed by atoms with Crippen molar-refractivity contribution in [1.82, 2.24) is 5.06 Å². The molecule has 1 saturated heterocycles. The fourth-order valence-electron chi connectivity index (χ4n) is 3.06. The molecule has 1 aromatic rings. The first kappa shape index (κ1) is 18.7. The molecule has 3 rings (SSSR count). The SMILES string of the molecule is CC(C)(C)C(=O)ON1CCN(c2cccc3c2OCC(C)(C)C3=O)CC1. The van der Waals surface area contributed by atoms with E-state index in [1.54, 1.807) is 5.06 Å². The molecule has 0 aliphatic carbocycles. The maximum atomic E-state index is 12.7. The summed E-state index contributed by atoms with van der Waals surface area (Å²) in [7, 11) is 0. The van der Waals surface area contributed by atoms with Crippen LogP contribution in [0.5, 0.6) is 5.75 Å². The highest BCUT2D eigenvalue weighted by molar-refractivity contribution is 6.05. The van der Waals surface area contributed by atoms with Crippen LogP contribution in [0, 0.1) is 10.8 Å². The number of rotatable bonds is 2. The molecule has 0 aromatic heterocycles. The van der Waals surface area contributed by atoms with Gasteiger partial charge in [-0.25, -0.2) is 4.79 Å². The Morgan fingerprint density at radius 2 is 1.81 bits per heavy atom. The van der Waals surface area contributed by atoms with E-state index in [4.69, 9.17) is 9.57 Å². The summed E-state index contributed by atoms with van der Waals surface area (Å²) in [5.74, 6) is 0.578. The molecule has 6 nitrogen and oxygen atoms in total. The molecular weight excluding hydrogens is 332 g/mol. The number of Topliss-reactive ketones (excluding diaryl/α,β-unsaturated/α-hetero) is 1. The van der Waals surface area contributed by atoms with E-state index in [0.717, 1.165) is 5.69 Å². The molecule has 2 aliphatic rings. The molecule has 142 valence electrons. The molecule has 1 fully saturated rings. The summed E-state index contributed by atoms with van der Waals surface area (Å²) in [5, 5.41) is 1.72. The van der Waals surface area contributed by atoms with Crippen LogP contribution in [0.1, 0.15) is 45.0 Å². The van der Waals surface area contributed by atoms with Gasteiger partial charge in [-0.1, -0.05) is 6.07 Å². The van der Waals surface area contributed by atoms with Gasteiger partial charge in [-0.15, -0.1) is 5.06 Å². The summed E-state index contributed by atoms with van der Waals surface area (Å²) in [6, 6.07) is 5.73. The number of carbonyl (C=O) groups excluding carboxylic acids is 2. The minimum atomic E-state index is -0.517. The first-order chi connectivity index (χ1) is 12.1. The van der Waals surface area contributed by atoms with Crippen LogP contribution in [0.15, 0.2) is 18.2 Å². The summed E-state index contributed by atoms with van der Waals surface area (Å²) in [6.45, 7) is 12.4. The van der Waals surface area contributed by atoms with Gasteiger partial charge < -0.3 is 14.5 Å². The van der Waals surface area contributed by atoms with Crippen molar-refractivity contribution in [2.75, 3.05) is 37.7 Å². The van der Waals surface area contributed by atoms with E-state index < -0.39 is 10.8 Å². The van der Waals surface area contributed by atoms with Crippen molar-refractivity contribution in [3.63, 3.8) is 0 Å². The average molecular weight is 360 g/mol. The van der Waals surface area contributed by atoms with E-state index in [9.17, 15) is 9.59 Å². The highest BCUT2D eigenvalue weighted by Gasteiger charge is 2.38. The number of hydrogen-bond acceptors (Lipinski definition) is 6. The number of ketones is 1. The molecule has 1 aromatic carbocycles. The standard InChI is InChI=1S/C20H28N2O4/c1-19(2,3)18(24)26-22-11-9-21(10-12-22)15-8-6-7-14-16(15)25-13-20(4,5)17(14)23/h6-8H,9-13H2,1-5H3. The van der Waals surface area contributed by atoms with Crippen LogP contribution >= 0.6 is 0 Å². The number of piperazine rings is 1. The summed E-state index contributed by atoms with van der Waals surface area (Å²) in [4.78, 5) is 32.4. The number of carbonyl (C=O) groups is 2. The molecule has 6 heteroatoms. The minimum absolute atomic E-state index is 0.123. The Balaban J connectivity index is 1.71. The average Bonchev–Trinajstić information content (AvgIpc) is 2.58. The van der Waals surface area contributed by atoms with Gasteiger partial charge in [-0.05, 0) is 46.8 Å². The predicted octanol–water partition coefficient (Wildman–Crippen LogP) is 2.91. The van der Waals surface area contributed by atoms with Crippen LogP contribution < -0.4 is 9.64 Å². The van der Waals surface area contributed by atoms with Crippen molar-refractivity contribution in [3.8, 4) is 5.75 Å². The highest BCUT2D eigenvalue weighted by Crippen LogP contribution is 2.40. The van der Waals surface area contributed by atoms with E-state index >= 15 is 0 Å². The van der Waals surface area contributed by atoms with Crippen LogP contribution in [0.4, 0.5) is 5.69 Å². The molecule has 0 unspecified atom stereocenters. The molecule has 0 N–H and O–H groups in total. The van der Waals surface area contributed by atoms with Crippen LogP contribution in [-0.2, 0) is 9.63 Å². The van der Waals surface area contributed by atoms with Crippen molar-refractivity contribution < 1.29 is 19.2 Å². The fraction of sp³-hybridized carbons (Fsp3) is 0.600. The summed E-state index contributed by atoms with van der Waals surface area (Å²) in [5.41, 5.74) is 0.579. The molecule has 26 heavy (non-hydrogen) atoms. The smallest absolute Gasteiger partial charge is 0.330 e. The highest BCUT2D eigenvalue weighted by atomic mass is 16.7. The molecule has 0 bridgehead atoms. The summed E-state index contributed by atoms with van der Waals surface area (Å²) < 4.78 is 5.97. The zero-order valence-corrected chi connectivity index (χ0v) is 16.3. The molecule has 0 amide bonds. The van der Waals surface area contributed by atoms with E-state index in [0.29, 0.717) is 44.1 Å². The summed E-state index contributed by atoms with van der Waals surface area (Å²) in [6.07, 6.45) is 0. The zero-order valence-electron chi connectivity index (χ0n) is 16.3. The third-order valence-corrected chi connectivity index (χ3v) is 4.83. The Bertz CT molecular complexity index is 713. The number of ether oxygens (including phenoxy) is 1. The first-order valence-corrected chi connectivity index (χ1v) is 9.12. The number of para-hydroxylation sites is 1. The second-order valence-corrected chi connectivity index (χ2v) is 8.70. The number of fused-ring (bicyclic) bond motifs is 1. The van der Waals surface area contributed by atoms with E-state index in [-0.39, 0.29) is 11.8 Å². The molecule has 0 atom stereocenters. The number of benzene rings is 1. The van der Waals surface area contributed by atoms with Crippen molar-refractivity contribution in [1.29, 1.82) is 0 Å². The van der Waals surface area contributed by atoms with Crippen molar-refractivity contribution in [2.45, 2.75) is 34.6 Å². The summed E-state index contributed by atoms with van der Waals surface area (Å²) >= 11 is 0. The van der Waals surface area contributed by atoms with E-state index in [1.807, 2.05) is 52.8 Å². The third kappa shape index (κ3) is 3.56. The maximum absolute atomic E-state index is 12.7. The van der Waals surface area contributed by atoms with E-state index in [1.165, 1.54) is 0 Å². The van der Waals surface area contributed by atoms with Gasteiger partial charge in [0.1, 0.15) is 6.61 Å². The third-order valence-electron chi connectivity index (χ3n) is 4.83. The van der Waals surface area contributed by atoms with Crippen LogP contribution in [0.3, 0.4) is 0 Å². The number of hydrogen-bond donors (Lipinski definition) is 0. The molecule has 0 radical (unpaired) electrons. The predicted molar refractivity (Wildman–Crippen MR) is 99.4 cm³/mol. The Morgan fingerprint density at radius 1 is 1.15 bits per heavy atom. The lowest BCUT2D eigenvalue weighted by Gasteiger charge is -2.38. The van der Waals surface area contributed by atoms with Gasteiger partial charge in [0.25, 0.3) is 0 Å². The second kappa shape index (κ2) is 6.58. The Labute approximate surface area is 155 Å². The zero-order chi connectivity index (χ0) is 19.1. The Kier molecular flexibility index (Phi) is 4.73. The van der Waals surface area contributed by atoms with Gasteiger partial charge in [0.15, 0.2) is 11.5 Å². The molecule has 0 saturated carbocycles. The molecule has 0 spiro atoms. The normalized spacial score (nSPS) is 20.3. The fourth-order valence-corrected chi connectivity index (χ4v) is 3.06. The van der Waals surface area contributed by atoms with Gasteiger partial charge in [-0.3, -0.25) is 4.79 Å². The molecule has 2 aliphatic heterocycles. The van der Waals surface area contributed by atoms with E-state index in [2.05, 4.69) is 4.90 Å². The molecule has 2 heterocycles. The number of nitrogens with zero attached hydrogens (tertiary/aromatic N) is 2. The van der Waals surface area contributed by atoms with Crippen molar-refractivity contribution >= 4 is 17.4 Å². The minimum Gasteiger partial charge on any atom is -0.490 e. The van der Waals surface area contributed by atoms with Gasteiger partial charge >= 0.3 is 5.97 Å². The largest absolute Gasteiger partial charge is 0.490 e. The lowest BCUT2D eigenvalue weighted by atomic mass is 9.82. The number of anilines is 1. The molecular formula is C20H28N2O4. The lowest BCUT2D eigenvalue weighted by Crippen LogP contribution is -2.48. The Morgan fingerprint density at radius 3 is 2.42 bits per heavy atom. The van der Waals surface area contributed by atoms with Crippen LogP contribution in [-0.4, -0.2) is 49.6 Å². The Hall–Kier alpha value is -2.08. The van der Waals surface area contributed by atoms with Crippen LogP contribution in [0.25, 0.3) is 0 Å².